The van der Waals surface area contributed by atoms with Crippen molar-refractivity contribution in [2.24, 2.45) is 0 Å². The number of rotatable bonds is 5. The second kappa shape index (κ2) is 7.36. The highest BCUT2D eigenvalue weighted by molar-refractivity contribution is 6.31. The molecule has 3 rings (SSSR count). The molecular weight excluding hydrogens is 343 g/mol. The number of benzene rings is 1. The van der Waals surface area contributed by atoms with Crippen LogP contribution in [0.2, 0.25) is 5.02 Å². The normalized spacial score (nSPS) is 10.5. The smallest absolute Gasteiger partial charge is 0.213 e. The summed E-state index contributed by atoms with van der Waals surface area (Å²) in [6.07, 6.45) is 4.75. The first-order chi connectivity index (χ1) is 12.0. The molecular formula is C18H14ClFN4O. The average molecular weight is 357 g/mol. The summed E-state index contributed by atoms with van der Waals surface area (Å²) in [5.41, 5.74) is 2.28. The predicted molar refractivity (Wildman–Crippen MR) is 93.8 cm³/mol. The van der Waals surface area contributed by atoms with Crippen LogP contribution in [0.5, 0.6) is 0 Å². The summed E-state index contributed by atoms with van der Waals surface area (Å²) in [5.74, 6) is -0.805. The molecule has 5 nitrogen and oxygen atoms in total. The molecule has 0 bridgehead atoms. The molecule has 0 atom stereocenters. The van der Waals surface area contributed by atoms with E-state index >= 15 is 0 Å². The summed E-state index contributed by atoms with van der Waals surface area (Å²) >= 11 is 6.17. The van der Waals surface area contributed by atoms with E-state index in [2.05, 4.69) is 15.0 Å². The third-order valence-corrected chi connectivity index (χ3v) is 3.86. The molecule has 0 radical (unpaired) electrons. The standard InChI is InChI=1S/C18H14ClFN4O/c1-24(16-9-21-11-22-10-16)15-6-12(5-13(19)7-15)17(25)8-14-3-2-4-18(20)23-14/h2-7,9-11H,8H2,1H3. The van der Waals surface area contributed by atoms with Crippen LogP contribution in [0.15, 0.2) is 55.1 Å². The number of pyridine rings is 1. The van der Waals surface area contributed by atoms with E-state index in [1.165, 1.54) is 18.5 Å². The summed E-state index contributed by atoms with van der Waals surface area (Å²) in [6.45, 7) is 0. The van der Waals surface area contributed by atoms with Crippen LogP contribution in [0.4, 0.5) is 15.8 Å². The van der Waals surface area contributed by atoms with Gasteiger partial charge in [-0.2, -0.15) is 4.39 Å². The maximum absolute atomic E-state index is 13.2. The van der Waals surface area contributed by atoms with Crippen molar-refractivity contribution in [3.63, 3.8) is 0 Å². The molecule has 0 aliphatic heterocycles. The molecule has 126 valence electrons. The lowest BCUT2D eigenvalue weighted by Crippen LogP contribution is -2.12. The Morgan fingerprint density at radius 3 is 2.64 bits per heavy atom. The molecule has 0 unspecified atom stereocenters. The van der Waals surface area contributed by atoms with E-state index in [0.717, 1.165) is 11.4 Å². The number of ketones is 1. The highest BCUT2D eigenvalue weighted by Crippen LogP contribution is 2.27. The van der Waals surface area contributed by atoms with Gasteiger partial charge in [-0.1, -0.05) is 17.7 Å². The maximum atomic E-state index is 13.2. The molecule has 0 saturated carbocycles. The Morgan fingerprint density at radius 2 is 1.92 bits per heavy atom. The molecule has 0 fully saturated rings. The first-order valence-electron chi connectivity index (χ1n) is 7.47. The van der Waals surface area contributed by atoms with Crippen molar-refractivity contribution in [2.45, 2.75) is 6.42 Å². The molecule has 2 aromatic heterocycles. The van der Waals surface area contributed by atoms with Crippen molar-refractivity contribution in [3.05, 3.63) is 77.3 Å². The Bertz CT molecular complexity index is 905. The van der Waals surface area contributed by atoms with Crippen LogP contribution in [0.1, 0.15) is 16.1 Å². The number of carbonyl (C=O) groups excluding carboxylic acids is 1. The third-order valence-electron chi connectivity index (χ3n) is 3.64. The van der Waals surface area contributed by atoms with Gasteiger partial charge in [-0.05, 0) is 30.3 Å². The largest absolute Gasteiger partial charge is 0.342 e. The van der Waals surface area contributed by atoms with Crippen LogP contribution in [0, 0.1) is 5.95 Å². The Balaban J connectivity index is 1.87. The monoisotopic (exact) mass is 356 g/mol. The minimum atomic E-state index is -0.610. The minimum Gasteiger partial charge on any atom is -0.342 e. The number of aromatic nitrogens is 3. The second-order valence-corrected chi connectivity index (χ2v) is 5.84. The SMILES string of the molecule is CN(c1cncnc1)c1cc(Cl)cc(C(=O)Cc2cccc(F)n2)c1. The summed E-state index contributed by atoms with van der Waals surface area (Å²) in [7, 11) is 1.83. The molecule has 3 aromatic rings. The van der Waals surface area contributed by atoms with Gasteiger partial charge in [-0.25, -0.2) is 15.0 Å². The lowest BCUT2D eigenvalue weighted by molar-refractivity contribution is 0.0992. The molecule has 0 N–H and O–H groups in total. The van der Waals surface area contributed by atoms with Gasteiger partial charge in [-0.15, -0.1) is 0 Å². The van der Waals surface area contributed by atoms with Crippen LogP contribution in [0.25, 0.3) is 0 Å². The van der Waals surface area contributed by atoms with Gasteiger partial charge in [0.1, 0.15) is 6.33 Å². The molecule has 25 heavy (non-hydrogen) atoms. The number of carbonyl (C=O) groups is 1. The fourth-order valence-electron chi connectivity index (χ4n) is 2.36. The fraction of sp³-hybridized carbons (Fsp3) is 0.111. The average Bonchev–Trinajstić information content (AvgIpc) is 2.61. The number of anilines is 2. The Hall–Kier alpha value is -2.86. The van der Waals surface area contributed by atoms with E-state index in [1.54, 1.807) is 36.7 Å². The molecule has 0 amide bonds. The van der Waals surface area contributed by atoms with Crippen LogP contribution < -0.4 is 4.90 Å². The van der Waals surface area contributed by atoms with E-state index in [9.17, 15) is 9.18 Å². The zero-order valence-corrected chi connectivity index (χ0v) is 14.1. The quantitative estimate of drug-likeness (QED) is 0.513. The predicted octanol–water partition coefficient (Wildman–Crippen LogP) is 3.86. The van der Waals surface area contributed by atoms with Gasteiger partial charge in [0.15, 0.2) is 5.78 Å². The molecule has 2 heterocycles. The van der Waals surface area contributed by atoms with E-state index in [0.29, 0.717) is 16.3 Å². The first-order valence-corrected chi connectivity index (χ1v) is 7.85. The number of hydrogen-bond acceptors (Lipinski definition) is 5. The Kier molecular flexibility index (Phi) is 5.00. The number of halogens is 2. The maximum Gasteiger partial charge on any atom is 0.213 e. The number of hydrogen-bond donors (Lipinski definition) is 0. The van der Waals surface area contributed by atoms with Crippen LogP contribution >= 0.6 is 11.6 Å². The Labute approximate surface area is 149 Å². The van der Waals surface area contributed by atoms with E-state index in [1.807, 2.05) is 11.9 Å². The highest BCUT2D eigenvalue weighted by atomic mass is 35.5. The van der Waals surface area contributed by atoms with Gasteiger partial charge in [0.2, 0.25) is 5.95 Å². The molecule has 0 aliphatic rings. The van der Waals surface area contributed by atoms with Crippen molar-refractivity contribution in [2.75, 3.05) is 11.9 Å². The van der Waals surface area contributed by atoms with Crippen molar-refractivity contribution in [3.8, 4) is 0 Å². The second-order valence-electron chi connectivity index (χ2n) is 5.41. The van der Waals surface area contributed by atoms with Gasteiger partial charge in [-0.3, -0.25) is 4.79 Å². The lowest BCUT2D eigenvalue weighted by Gasteiger charge is -2.19. The summed E-state index contributed by atoms with van der Waals surface area (Å²) in [5, 5.41) is 0.428. The van der Waals surface area contributed by atoms with Gasteiger partial charge >= 0.3 is 0 Å². The third kappa shape index (κ3) is 4.16. The van der Waals surface area contributed by atoms with Gasteiger partial charge in [0, 0.05) is 23.3 Å². The van der Waals surface area contributed by atoms with Crippen LogP contribution in [-0.2, 0) is 6.42 Å². The van der Waals surface area contributed by atoms with E-state index in [-0.39, 0.29) is 12.2 Å². The molecule has 0 saturated heterocycles. The fourth-order valence-corrected chi connectivity index (χ4v) is 2.59. The van der Waals surface area contributed by atoms with Crippen molar-refractivity contribution < 1.29 is 9.18 Å². The molecule has 1 aromatic carbocycles. The van der Waals surface area contributed by atoms with E-state index in [4.69, 9.17) is 11.6 Å². The van der Waals surface area contributed by atoms with Gasteiger partial charge < -0.3 is 4.90 Å². The summed E-state index contributed by atoms with van der Waals surface area (Å²) in [6, 6.07) is 9.42. The first kappa shape index (κ1) is 17.0. The van der Waals surface area contributed by atoms with Crippen LogP contribution in [0.3, 0.4) is 0 Å². The summed E-state index contributed by atoms with van der Waals surface area (Å²) in [4.78, 5) is 26.0. The molecule has 7 heteroatoms. The van der Waals surface area contributed by atoms with E-state index < -0.39 is 5.95 Å². The van der Waals surface area contributed by atoms with Gasteiger partial charge in [0.05, 0.1) is 30.2 Å². The molecule has 0 aliphatic carbocycles. The molecule has 0 spiro atoms. The summed E-state index contributed by atoms with van der Waals surface area (Å²) < 4.78 is 13.2. The lowest BCUT2D eigenvalue weighted by atomic mass is 10.1. The highest BCUT2D eigenvalue weighted by Gasteiger charge is 2.13. The number of nitrogens with zero attached hydrogens (tertiary/aromatic N) is 4. The Morgan fingerprint density at radius 1 is 1.16 bits per heavy atom. The zero-order valence-electron chi connectivity index (χ0n) is 13.4. The zero-order chi connectivity index (χ0) is 17.8. The van der Waals surface area contributed by atoms with Crippen molar-refractivity contribution in [1.29, 1.82) is 0 Å². The van der Waals surface area contributed by atoms with Gasteiger partial charge in [0.25, 0.3) is 0 Å². The minimum absolute atomic E-state index is 0.00426. The van der Waals surface area contributed by atoms with Crippen molar-refractivity contribution in [1.82, 2.24) is 15.0 Å². The number of Topliss-reactive ketones (excluding diaryl/α,β-unsaturated/α-hetero) is 1. The van der Waals surface area contributed by atoms with Crippen molar-refractivity contribution >= 4 is 28.8 Å². The topological polar surface area (TPSA) is 59.0 Å². The van der Waals surface area contributed by atoms with Crippen LogP contribution in [-0.4, -0.2) is 27.8 Å².